The highest BCUT2D eigenvalue weighted by atomic mass is 32.2. The Labute approximate surface area is 99.4 Å². The van der Waals surface area contributed by atoms with Crippen molar-refractivity contribution in [3.05, 3.63) is 35.1 Å². The van der Waals surface area contributed by atoms with Crippen molar-refractivity contribution in [3.8, 4) is 11.8 Å². The lowest BCUT2D eigenvalue weighted by Gasteiger charge is -1.96. The molecule has 1 rings (SSSR count). The minimum atomic E-state index is -0.241. The summed E-state index contributed by atoms with van der Waals surface area (Å²) >= 11 is 1.27. The van der Waals surface area contributed by atoms with Gasteiger partial charge >= 0.3 is 0 Å². The summed E-state index contributed by atoms with van der Waals surface area (Å²) in [5.41, 5.74) is 1.68. The molecule has 0 fully saturated rings. The van der Waals surface area contributed by atoms with Gasteiger partial charge in [0.15, 0.2) is 5.12 Å². The molecule has 0 saturated heterocycles. The highest BCUT2D eigenvalue weighted by molar-refractivity contribution is 8.13. The van der Waals surface area contributed by atoms with E-state index >= 15 is 0 Å². The van der Waals surface area contributed by atoms with E-state index in [1.54, 1.807) is 13.0 Å². The molecule has 0 spiro atoms. The van der Waals surface area contributed by atoms with E-state index in [1.165, 1.54) is 23.9 Å². The van der Waals surface area contributed by atoms with Gasteiger partial charge in [-0.05, 0) is 30.7 Å². The van der Waals surface area contributed by atoms with E-state index in [2.05, 4.69) is 11.8 Å². The van der Waals surface area contributed by atoms with Crippen LogP contribution in [0.4, 0.5) is 4.39 Å². The summed E-state index contributed by atoms with van der Waals surface area (Å²) in [4.78, 5) is 10.6. The Morgan fingerprint density at radius 3 is 2.88 bits per heavy atom. The lowest BCUT2D eigenvalue weighted by atomic mass is 10.1. The highest BCUT2D eigenvalue weighted by Gasteiger charge is 1.96. The van der Waals surface area contributed by atoms with Gasteiger partial charge in [-0.15, -0.1) is 0 Å². The molecular weight excluding hydrogens is 223 g/mol. The number of halogens is 1. The third-order valence-electron chi connectivity index (χ3n) is 1.94. The fraction of sp³-hybridized carbons (Fsp3) is 0.308. The lowest BCUT2D eigenvalue weighted by Crippen LogP contribution is -1.86. The van der Waals surface area contributed by atoms with Gasteiger partial charge in [0.05, 0.1) is 0 Å². The summed E-state index contributed by atoms with van der Waals surface area (Å²) in [7, 11) is 0. The number of aryl methyl sites for hydroxylation is 1. The van der Waals surface area contributed by atoms with E-state index in [-0.39, 0.29) is 10.9 Å². The van der Waals surface area contributed by atoms with Crippen LogP contribution in [0.15, 0.2) is 18.2 Å². The molecule has 0 aliphatic heterocycles. The fourth-order valence-electron chi connectivity index (χ4n) is 1.17. The molecule has 0 atom stereocenters. The lowest BCUT2D eigenvalue weighted by molar-refractivity contribution is -0.109. The zero-order valence-corrected chi connectivity index (χ0v) is 10.2. The van der Waals surface area contributed by atoms with Crippen LogP contribution in [0.2, 0.25) is 0 Å². The van der Waals surface area contributed by atoms with Gasteiger partial charge in [-0.1, -0.05) is 23.6 Å². The van der Waals surface area contributed by atoms with Crippen molar-refractivity contribution in [2.75, 3.05) is 5.75 Å². The van der Waals surface area contributed by atoms with Gasteiger partial charge in [-0.25, -0.2) is 4.39 Å². The Bertz CT molecular complexity index is 443. The van der Waals surface area contributed by atoms with Crippen LogP contribution in [0.5, 0.6) is 0 Å². The molecule has 1 aromatic carbocycles. The van der Waals surface area contributed by atoms with Gasteiger partial charge in [-0.3, -0.25) is 4.79 Å². The third-order valence-corrected chi connectivity index (χ3v) is 2.76. The van der Waals surface area contributed by atoms with Gasteiger partial charge in [0.2, 0.25) is 0 Å². The second-order valence-corrected chi connectivity index (χ2v) is 4.62. The quantitative estimate of drug-likeness (QED) is 0.579. The molecule has 0 aliphatic rings. The van der Waals surface area contributed by atoms with Crippen molar-refractivity contribution < 1.29 is 9.18 Å². The maximum atomic E-state index is 12.8. The number of carbonyl (C=O) groups is 1. The van der Waals surface area contributed by atoms with Crippen LogP contribution in [-0.2, 0) is 4.79 Å². The molecule has 0 saturated carbocycles. The van der Waals surface area contributed by atoms with Crippen LogP contribution < -0.4 is 0 Å². The van der Waals surface area contributed by atoms with Crippen LogP contribution >= 0.6 is 11.8 Å². The molecule has 0 amide bonds. The minimum Gasteiger partial charge on any atom is -0.288 e. The summed E-state index contributed by atoms with van der Waals surface area (Å²) in [6, 6.07) is 4.55. The van der Waals surface area contributed by atoms with Crippen molar-refractivity contribution in [1.82, 2.24) is 0 Å². The number of hydrogen-bond donors (Lipinski definition) is 0. The molecule has 84 valence electrons. The minimum absolute atomic E-state index is 0.111. The van der Waals surface area contributed by atoms with Gasteiger partial charge in [0.25, 0.3) is 0 Å². The molecule has 0 aliphatic carbocycles. The normalized spacial score (nSPS) is 9.44. The number of benzene rings is 1. The first-order chi connectivity index (χ1) is 7.59. The second-order valence-electron chi connectivity index (χ2n) is 3.35. The standard InChI is InChI=1S/C13H13FOS/c1-10-9-13(14)7-6-12(10)5-3-4-8-16-11(2)15/h6-7,9H,4,8H2,1-2H3. The third kappa shape index (κ3) is 4.50. The summed E-state index contributed by atoms with van der Waals surface area (Å²) in [5, 5.41) is 0.111. The molecule has 0 bridgehead atoms. The largest absolute Gasteiger partial charge is 0.288 e. The zero-order valence-electron chi connectivity index (χ0n) is 9.34. The average molecular weight is 236 g/mol. The maximum Gasteiger partial charge on any atom is 0.185 e. The average Bonchev–Trinajstić information content (AvgIpc) is 2.20. The second kappa shape index (κ2) is 6.34. The Balaban J connectivity index is 2.53. The van der Waals surface area contributed by atoms with Crippen molar-refractivity contribution >= 4 is 16.9 Å². The summed E-state index contributed by atoms with van der Waals surface area (Å²) < 4.78 is 12.8. The van der Waals surface area contributed by atoms with Crippen LogP contribution in [0, 0.1) is 24.6 Å². The predicted octanol–water partition coefficient (Wildman–Crippen LogP) is 3.16. The number of rotatable bonds is 2. The zero-order chi connectivity index (χ0) is 12.0. The monoisotopic (exact) mass is 236 g/mol. The Kier molecular flexibility index (Phi) is 5.07. The maximum absolute atomic E-state index is 12.8. The topological polar surface area (TPSA) is 17.1 Å². The van der Waals surface area contributed by atoms with Gasteiger partial charge in [0.1, 0.15) is 5.82 Å². The molecule has 0 unspecified atom stereocenters. The predicted molar refractivity (Wildman–Crippen MR) is 65.8 cm³/mol. The van der Waals surface area contributed by atoms with Crippen molar-refractivity contribution in [3.63, 3.8) is 0 Å². The Morgan fingerprint density at radius 1 is 1.50 bits per heavy atom. The molecule has 0 heterocycles. The number of hydrogen-bond acceptors (Lipinski definition) is 2. The van der Waals surface area contributed by atoms with Crippen molar-refractivity contribution in [2.45, 2.75) is 20.3 Å². The first-order valence-electron chi connectivity index (χ1n) is 4.98. The van der Waals surface area contributed by atoms with Crippen LogP contribution in [-0.4, -0.2) is 10.9 Å². The molecular formula is C13H13FOS. The molecule has 16 heavy (non-hydrogen) atoms. The van der Waals surface area contributed by atoms with E-state index in [9.17, 15) is 9.18 Å². The van der Waals surface area contributed by atoms with E-state index in [0.717, 1.165) is 11.1 Å². The van der Waals surface area contributed by atoms with Crippen molar-refractivity contribution in [1.29, 1.82) is 0 Å². The highest BCUT2D eigenvalue weighted by Crippen LogP contribution is 2.08. The Morgan fingerprint density at radius 2 is 2.25 bits per heavy atom. The molecule has 0 aromatic heterocycles. The molecule has 0 radical (unpaired) electrons. The van der Waals surface area contributed by atoms with E-state index in [4.69, 9.17) is 0 Å². The van der Waals surface area contributed by atoms with E-state index in [1.807, 2.05) is 6.92 Å². The van der Waals surface area contributed by atoms with Crippen LogP contribution in [0.25, 0.3) is 0 Å². The molecule has 3 heteroatoms. The van der Waals surface area contributed by atoms with E-state index in [0.29, 0.717) is 12.2 Å². The SMILES string of the molecule is CC(=O)SCCC#Cc1ccc(F)cc1C. The smallest absolute Gasteiger partial charge is 0.185 e. The van der Waals surface area contributed by atoms with Gasteiger partial charge in [0, 0.05) is 24.7 Å². The summed E-state index contributed by atoms with van der Waals surface area (Å²) in [6.07, 6.45) is 0.668. The number of carbonyl (C=O) groups excluding carboxylic acids is 1. The van der Waals surface area contributed by atoms with E-state index < -0.39 is 0 Å². The summed E-state index contributed by atoms with van der Waals surface area (Å²) in [5.74, 6) is 6.41. The summed E-state index contributed by atoms with van der Waals surface area (Å²) in [6.45, 7) is 3.37. The molecule has 0 N–H and O–H groups in total. The number of thioether (sulfide) groups is 1. The molecule has 1 nitrogen and oxygen atoms in total. The first-order valence-corrected chi connectivity index (χ1v) is 5.96. The van der Waals surface area contributed by atoms with Gasteiger partial charge < -0.3 is 0 Å². The molecule has 1 aromatic rings. The van der Waals surface area contributed by atoms with Crippen LogP contribution in [0.3, 0.4) is 0 Å². The van der Waals surface area contributed by atoms with Crippen molar-refractivity contribution in [2.24, 2.45) is 0 Å². The Hall–Kier alpha value is -1.27. The van der Waals surface area contributed by atoms with Gasteiger partial charge in [-0.2, -0.15) is 0 Å². The van der Waals surface area contributed by atoms with Crippen LogP contribution in [0.1, 0.15) is 24.5 Å². The first kappa shape index (κ1) is 12.8. The fourth-order valence-corrected chi connectivity index (χ4v) is 1.66.